The van der Waals surface area contributed by atoms with Gasteiger partial charge in [-0.25, -0.2) is 8.78 Å². The van der Waals surface area contributed by atoms with Crippen LogP contribution in [0.3, 0.4) is 0 Å². The Morgan fingerprint density at radius 1 is 1.62 bits per heavy atom. The monoisotopic (exact) mass is 209 g/mol. The third-order valence-electron chi connectivity index (χ3n) is 1.58. The first-order chi connectivity index (χ1) is 6.07. The molecule has 0 saturated heterocycles. The van der Waals surface area contributed by atoms with Crippen LogP contribution in [0.15, 0.2) is 11.0 Å². The number of rotatable bonds is 2. The second-order valence-electron chi connectivity index (χ2n) is 2.33. The summed E-state index contributed by atoms with van der Waals surface area (Å²) in [7, 11) is 0. The van der Waals surface area contributed by atoms with Crippen LogP contribution in [0.1, 0.15) is 17.6 Å². The molecule has 1 aromatic heterocycles. The Morgan fingerprint density at radius 2 is 2.23 bits per heavy atom. The fourth-order valence-corrected chi connectivity index (χ4v) is 1.19. The minimum Gasteiger partial charge on any atom is -0.503 e. The van der Waals surface area contributed by atoms with Crippen LogP contribution >= 0.6 is 11.6 Å². The second kappa shape index (κ2) is 3.74. The van der Waals surface area contributed by atoms with Gasteiger partial charge in [0.05, 0.1) is 5.88 Å². The molecule has 1 heterocycles. The summed E-state index contributed by atoms with van der Waals surface area (Å²) in [5.41, 5.74) is -1.49. The largest absolute Gasteiger partial charge is 0.503 e. The molecular formula is C7H6ClF2NO2. The summed E-state index contributed by atoms with van der Waals surface area (Å²) in [5, 5.41) is 9.07. The van der Waals surface area contributed by atoms with Crippen molar-refractivity contribution in [1.29, 1.82) is 0 Å². The Balaban J connectivity index is 3.38. The SMILES string of the molecule is O=c1[nH]cc(C(F)F)c(CCl)c1O. The van der Waals surface area contributed by atoms with Crippen LogP contribution in [0.25, 0.3) is 0 Å². The second-order valence-corrected chi connectivity index (χ2v) is 2.60. The Morgan fingerprint density at radius 3 is 2.69 bits per heavy atom. The van der Waals surface area contributed by atoms with E-state index in [4.69, 9.17) is 16.7 Å². The Kier molecular flexibility index (Phi) is 2.87. The van der Waals surface area contributed by atoms with Crippen LogP contribution in [0.5, 0.6) is 5.75 Å². The molecule has 13 heavy (non-hydrogen) atoms. The van der Waals surface area contributed by atoms with Gasteiger partial charge in [-0.2, -0.15) is 0 Å². The van der Waals surface area contributed by atoms with Crippen LogP contribution in [-0.4, -0.2) is 10.1 Å². The first-order valence-corrected chi connectivity index (χ1v) is 3.89. The van der Waals surface area contributed by atoms with Crippen molar-refractivity contribution in [2.24, 2.45) is 0 Å². The summed E-state index contributed by atoms with van der Waals surface area (Å²) in [6, 6.07) is 0. The fourth-order valence-electron chi connectivity index (χ4n) is 0.908. The van der Waals surface area contributed by atoms with Gasteiger partial charge in [-0.3, -0.25) is 4.79 Å². The summed E-state index contributed by atoms with van der Waals surface area (Å²) in [4.78, 5) is 12.7. The van der Waals surface area contributed by atoms with Crippen molar-refractivity contribution in [2.45, 2.75) is 12.3 Å². The molecule has 1 aromatic rings. The summed E-state index contributed by atoms with van der Waals surface area (Å²) < 4.78 is 24.5. The van der Waals surface area contributed by atoms with Gasteiger partial charge in [0.25, 0.3) is 12.0 Å². The van der Waals surface area contributed by atoms with Gasteiger partial charge < -0.3 is 10.1 Å². The first kappa shape index (κ1) is 9.98. The van der Waals surface area contributed by atoms with Crippen molar-refractivity contribution >= 4 is 11.6 Å². The predicted molar refractivity (Wildman–Crippen MR) is 43.2 cm³/mol. The van der Waals surface area contributed by atoms with E-state index < -0.39 is 23.3 Å². The number of aromatic nitrogens is 1. The van der Waals surface area contributed by atoms with E-state index in [2.05, 4.69) is 0 Å². The smallest absolute Gasteiger partial charge is 0.290 e. The molecule has 72 valence electrons. The number of aromatic hydroxyl groups is 1. The summed E-state index contributed by atoms with van der Waals surface area (Å²) in [5.74, 6) is -1.07. The molecule has 0 aliphatic rings. The molecule has 0 amide bonds. The van der Waals surface area contributed by atoms with Gasteiger partial charge in [0.15, 0.2) is 5.75 Å². The molecule has 0 aliphatic carbocycles. The Labute approximate surface area is 77.0 Å². The fraction of sp³-hybridized carbons (Fsp3) is 0.286. The molecule has 0 spiro atoms. The van der Waals surface area contributed by atoms with Gasteiger partial charge >= 0.3 is 0 Å². The van der Waals surface area contributed by atoms with E-state index in [9.17, 15) is 13.6 Å². The molecule has 0 unspecified atom stereocenters. The van der Waals surface area contributed by atoms with Gasteiger partial charge in [-0.05, 0) is 0 Å². The zero-order chi connectivity index (χ0) is 10.0. The molecule has 6 heteroatoms. The van der Waals surface area contributed by atoms with Crippen LogP contribution in [-0.2, 0) is 5.88 Å². The number of aromatic amines is 1. The highest BCUT2D eigenvalue weighted by Gasteiger charge is 2.17. The Hall–Kier alpha value is -1.10. The van der Waals surface area contributed by atoms with Gasteiger partial charge in [-0.1, -0.05) is 0 Å². The highest BCUT2D eigenvalue weighted by molar-refractivity contribution is 6.17. The van der Waals surface area contributed by atoms with Crippen LogP contribution in [0.4, 0.5) is 8.78 Å². The van der Waals surface area contributed by atoms with E-state index in [0.29, 0.717) is 0 Å². The lowest BCUT2D eigenvalue weighted by Crippen LogP contribution is -2.09. The zero-order valence-corrected chi connectivity index (χ0v) is 7.11. The number of halogens is 3. The molecule has 1 rings (SSSR count). The van der Waals surface area contributed by atoms with Gasteiger partial charge in [0.2, 0.25) is 0 Å². The summed E-state index contributed by atoms with van der Waals surface area (Å²) >= 11 is 5.31. The summed E-state index contributed by atoms with van der Waals surface area (Å²) in [6.07, 6.45) is -1.92. The normalized spacial score (nSPS) is 10.8. The van der Waals surface area contributed by atoms with Gasteiger partial charge in [-0.15, -0.1) is 11.6 Å². The van der Waals surface area contributed by atoms with E-state index in [0.717, 1.165) is 6.20 Å². The average molecular weight is 210 g/mol. The van der Waals surface area contributed by atoms with Crippen molar-refractivity contribution in [3.8, 4) is 5.75 Å². The lowest BCUT2D eigenvalue weighted by molar-refractivity contribution is 0.149. The van der Waals surface area contributed by atoms with Gasteiger partial charge in [0, 0.05) is 17.3 Å². The van der Waals surface area contributed by atoms with E-state index in [-0.39, 0.29) is 11.4 Å². The van der Waals surface area contributed by atoms with Crippen molar-refractivity contribution in [1.82, 2.24) is 4.98 Å². The van der Waals surface area contributed by atoms with E-state index in [1.807, 2.05) is 4.98 Å². The number of alkyl halides is 3. The molecular weight excluding hydrogens is 204 g/mol. The number of hydrogen-bond donors (Lipinski definition) is 2. The number of pyridine rings is 1. The van der Waals surface area contributed by atoms with Crippen LogP contribution in [0, 0.1) is 0 Å². The van der Waals surface area contributed by atoms with Crippen LogP contribution in [0.2, 0.25) is 0 Å². The third-order valence-corrected chi connectivity index (χ3v) is 1.84. The van der Waals surface area contributed by atoms with Gasteiger partial charge in [0.1, 0.15) is 0 Å². The minimum atomic E-state index is -2.77. The molecule has 0 fully saturated rings. The first-order valence-electron chi connectivity index (χ1n) is 3.35. The minimum absolute atomic E-state index is 0.222. The zero-order valence-electron chi connectivity index (χ0n) is 6.35. The highest BCUT2D eigenvalue weighted by atomic mass is 35.5. The van der Waals surface area contributed by atoms with Crippen molar-refractivity contribution in [3.63, 3.8) is 0 Å². The molecule has 3 nitrogen and oxygen atoms in total. The molecule has 2 N–H and O–H groups in total. The molecule has 0 radical (unpaired) electrons. The number of nitrogens with one attached hydrogen (secondary N) is 1. The quantitative estimate of drug-likeness (QED) is 0.730. The molecule has 0 aromatic carbocycles. The lowest BCUT2D eigenvalue weighted by Gasteiger charge is -2.06. The average Bonchev–Trinajstić information content (AvgIpc) is 2.09. The molecule has 0 saturated carbocycles. The predicted octanol–water partition coefficient (Wildman–Crippen LogP) is 1.76. The van der Waals surface area contributed by atoms with Crippen LogP contribution < -0.4 is 5.56 Å². The molecule has 0 aliphatic heterocycles. The Bertz CT molecular complexity index is 364. The van der Waals surface area contributed by atoms with E-state index >= 15 is 0 Å². The standard InChI is InChI=1S/C7H6ClF2NO2/c8-1-3-4(6(9)10)2-11-7(13)5(3)12/h2,6,12H,1H2,(H,11,13). The number of hydrogen-bond acceptors (Lipinski definition) is 2. The number of H-pyrrole nitrogens is 1. The summed E-state index contributed by atoms with van der Waals surface area (Å²) in [6.45, 7) is 0. The maximum absolute atomic E-state index is 12.2. The maximum Gasteiger partial charge on any atom is 0.290 e. The van der Waals surface area contributed by atoms with Crippen molar-refractivity contribution in [3.05, 3.63) is 27.7 Å². The molecule has 0 bridgehead atoms. The lowest BCUT2D eigenvalue weighted by atomic mass is 10.1. The molecule has 0 atom stereocenters. The maximum atomic E-state index is 12.2. The van der Waals surface area contributed by atoms with E-state index in [1.54, 1.807) is 0 Å². The van der Waals surface area contributed by atoms with E-state index in [1.165, 1.54) is 0 Å². The topological polar surface area (TPSA) is 53.1 Å². The third kappa shape index (κ3) is 1.80. The van der Waals surface area contributed by atoms with Crippen molar-refractivity contribution in [2.75, 3.05) is 0 Å². The van der Waals surface area contributed by atoms with Crippen molar-refractivity contribution < 1.29 is 13.9 Å². The highest BCUT2D eigenvalue weighted by Crippen LogP contribution is 2.26.